The Morgan fingerprint density at radius 3 is 2.35 bits per heavy atom. The van der Waals surface area contributed by atoms with Gasteiger partial charge >= 0.3 is 6.18 Å². The van der Waals surface area contributed by atoms with E-state index in [0.717, 1.165) is 17.7 Å². The third kappa shape index (κ3) is 4.74. The number of halogens is 3. The highest BCUT2D eigenvalue weighted by molar-refractivity contribution is 5.98. The monoisotopic (exact) mass is 323 g/mol. The molecule has 2 rings (SSSR count). The summed E-state index contributed by atoms with van der Waals surface area (Å²) in [6.07, 6.45) is -4.39. The van der Waals surface area contributed by atoms with Crippen molar-refractivity contribution >= 4 is 5.71 Å². The van der Waals surface area contributed by atoms with E-state index in [1.807, 2.05) is 6.92 Å². The normalized spacial score (nSPS) is 12.1. The lowest BCUT2D eigenvalue weighted by atomic mass is 10.1. The summed E-state index contributed by atoms with van der Waals surface area (Å²) in [5.41, 5.74) is 0.804. The fourth-order valence-electron chi connectivity index (χ4n) is 1.85. The Labute approximate surface area is 132 Å². The molecule has 0 saturated carbocycles. The third-order valence-corrected chi connectivity index (χ3v) is 3.00. The van der Waals surface area contributed by atoms with Crippen molar-refractivity contribution in [3.63, 3.8) is 0 Å². The molecule has 0 amide bonds. The fraction of sp³-hybridized carbons (Fsp3) is 0.235. The van der Waals surface area contributed by atoms with E-state index in [2.05, 4.69) is 5.16 Å². The van der Waals surface area contributed by atoms with Crippen LogP contribution in [0, 0.1) is 0 Å². The Morgan fingerprint density at radius 2 is 1.74 bits per heavy atom. The summed E-state index contributed by atoms with van der Waals surface area (Å²) in [5, 5.41) is 3.92. The fourth-order valence-corrected chi connectivity index (χ4v) is 1.85. The van der Waals surface area contributed by atoms with Crippen LogP contribution in [0.15, 0.2) is 53.7 Å². The molecule has 0 bridgehead atoms. The van der Waals surface area contributed by atoms with Crippen LogP contribution >= 0.6 is 0 Å². The van der Waals surface area contributed by atoms with Crippen LogP contribution in [-0.2, 0) is 11.0 Å². The maximum absolute atomic E-state index is 12.7. The molecule has 0 heterocycles. The van der Waals surface area contributed by atoms with Gasteiger partial charge in [0.1, 0.15) is 18.1 Å². The molecule has 3 nitrogen and oxygen atoms in total. The summed E-state index contributed by atoms with van der Waals surface area (Å²) < 4.78 is 43.5. The first-order valence-electron chi connectivity index (χ1n) is 7.02. The summed E-state index contributed by atoms with van der Waals surface area (Å²) in [7, 11) is 0. The average Bonchev–Trinajstić information content (AvgIpc) is 2.53. The number of ether oxygens (including phenoxy) is 1. The van der Waals surface area contributed by atoms with Crippen LogP contribution in [0.25, 0.3) is 0 Å². The van der Waals surface area contributed by atoms with Gasteiger partial charge in [-0.05, 0) is 61.9 Å². The average molecular weight is 323 g/mol. The third-order valence-electron chi connectivity index (χ3n) is 3.00. The number of alkyl halides is 3. The first kappa shape index (κ1) is 16.9. The molecule has 0 aliphatic carbocycles. The Hall–Kier alpha value is -2.50. The van der Waals surface area contributed by atoms with Crippen molar-refractivity contribution in [2.45, 2.75) is 20.0 Å². The van der Waals surface area contributed by atoms with Crippen LogP contribution in [0.5, 0.6) is 11.5 Å². The second kappa shape index (κ2) is 7.17. The van der Waals surface area contributed by atoms with Crippen LogP contribution < -0.4 is 4.74 Å². The second-order valence-electron chi connectivity index (χ2n) is 4.75. The number of nitrogens with zero attached hydrogens (tertiary/aromatic N) is 1. The molecule has 122 valence electrons. The van der Waals surface area contributed by atoms with Crippen molar-refractivity contribution in [1.82, 2.24) is 0 Å². The van der Waals surface area contributed by atoms with Crippen LogP contribution in [0.3, 0.4) is 0 Å². The van der Waals surface area contributed by atoms with Crippen molar-refractivity contribution in [3.05, 3.63) is 59.7 Å². The minimum Gasteiger partial charge on any atom is -0.457 e. The van der Waals surface area contributed by atoms with Crippen molar-refractivity contribution in [1.29, 1.82) is 0 Å². The zero-order chi connectivity index (χ0) is 16.9. The Bertz CT molecular complexity index is 679. The summed E-state index contributed by atoms with van der Waals surface area (Å²) in [6.45, 7) is 4.12. The SMILES string of the molecule is CCO/N=C(/C)c1ccc(Oc2cccc(C(F)(F)F)c2)cc1. The Morgan fingerprint density at radius 1 is 1.04 bits per heavy atom. The predicted octanol–water partition coefficient (Wildman–Crippen LogP) is 5.26. The van der Waals surface area contributed by atoms with Gasteiger partial charge in [-0.2, -0.15) is 13.2 Å². The van der Waals surface area contributed by atoms with E-state index in [4.69, 9.17) is 9.57 Å². The van der Waals surface area contributed by atoms with Gasteiger partial charge < -0.3 is 9.57 Å². The molecule has 0 radical (unpaired) electrons. The molecule has 0 atom stereocenters. The molecule has 0 spiro atoms. The molecule has 6 heteroatoms. The molecule has 0 N–H and O–H groups in total. The zero-order valence-electron chi connectivity index (χ0n) is 12.7. The number of oxime groups is 1. The highest BCUT2D eigenvalue weighted by Gasteiger charge is 2.30. The van der Waals surface area contributed by atoms with E-state index in [1.165, 1.54) is 12.1 Å². The zero-order valence-corrected chi connectivity index (χ0v) is 12.7. The number of rotatable bonds is 5. The molecule has 0 aliphatic heterocycles. The Balaban J connectivity index is 2.12. The minimum atomic E-state index is -4.39. The van der Waals surface area contributed by atoms with Gasteiger partial charge in [0.05, 0.1) is 11.3 Å². The molecular weight excluding hydrogens is 307 g/mol. The van der Waals surface area contributed by atoms with E-state index in [1.54, 1.807) is 31.2 Å². The summed E-state index contributed by atoms with van der Waals surface area (Å²) in [6, 6.07) is 11.6. The molecule has 0 aromatic heterocycles. The van der Waals surface area contributed by atoms with E-state index < -0.39 is 11.7 Å². The van der Waals surface area contributed by atoms with Gasteiger partial charge in [-0.25, -0.2) is 0 Å². The highest BCUT2D eigenvalue weighted by atomic mass is 19.4. The van der Waals surface area contributed by atoms with Crippen molar-refractivity contribution in [2.75, 3.05) is 6.61 Å². The maximum atomic E-state index is 12.7. The molecular formula is C17H16F3NO2. The smallest absolute Gasteiger partial charge is 0.416 e. The highest BCUT2D eigenvalue weighted by Crippen LogP contribution is 2.32. The molecule has 2 aromatic rings. The molecule has 0 unspecified atom stereocenters. The van der Waals surface area contributed by atoms with Gasteiger partial charge in [-0.1, -0.05) is 11.2 Å². The summed E-state index contributed by atoms with van der Waals surface area (Å²) >= 11 is 0. The summed E-state index contributed by atoms with van der Waals surface area (Å²) in [4.78, 5) is 4.97. The van der Waals surface area contributed by atoms with Gasteiger partial charge in [0, 0.05) is 0 Å². The second-order valence-corrected chi connectivity index (χ2v) is 4.75. The van der Waals surface area contributed by atoms with Gasteiger partial charge in [0.15, 0.2) is 0 Å². The van der Waals surface area contributed by atoms with Gasteiger partial charge in [0.25, 0.3) is 0 Å². The number of benzene rings is 2. The molecule has 0 saturated heterocycles. The standard InChI is InChI=1S/C17H16F3NO2/c1-3-22-21-12(2)13-7-9-15(10-8-13)23-16-6-4-5-14(11-16)17(18,19)20/h4-11H,3H2,1-2H3/b21-12-. The van der Waals surface area contributed by atoms with E-state index in [-0.39, 0.29) is 5.75 Å². The van der Waals surface area contributed by atoms with Gasteiger partial charge in [0.2, 0.25) is 0 Å². The van der Waals surface area contributed by atoms with Crippen LogP contribution in [-0.4, -0.2) is 12.3 Å². The van der Waals surface area contributed by atoms with Crippen molar-refractivity contribution < 1.29 is 22.7 Å². The predicted molar refractivity (Wildman–Crippen MR) is 81.8 cm³/mol. The van der Waals surface area contributed by atoms with Gasteiger partial charge in [-0.15, -0.1) is 0 Å². The lowest BCUT2D eigenvalue weighted by Crippen LogP contribution is -2.04. The molecule has 0 fully saturated rings. The summed E-state index contributed by atoms with van der Waals surface area (Å²) in [5.74, 6) is 0.574. The van der Waals surface area contributed by atoms with Crippen LogP contribution in [0.2, 0.25) is 0 Å². The maximum Gasteiger partial charge on any atom is 0.416 e. The van der Waals surface area contributed by atoms with E-state index >= 15 is 0 Å². The van der Waals surface area contributed by atoms with E-state index in [0.29, 0.717) is 18.1 Å². The van der Waals surface area contributed by atoms with Crippen LogP contribution in [0.1, 0.15) is 25.0 Å². The Kier molecular flexibility index (Phi) is 5.26. The number of hydrogen-bond donors (Lipinski definition) is 0. The molecule has 2 aromatic carbocycles. The minimum absolute atomic E-state index is 0.132. The topological polar surface area (TPSA) is 30.8 Å². The first-order valence-corrected chi connectivity index (χ1v) is 7.02. The quantitative estimate of drug-likeness (QED) is 0.555. The largest absolute Gasteiger partial charge is 0.457 e. The molecule has 23 heavy (non-hydrogen) atoms. The lowest BCUT2D eigenvalue weighted by Gasteiger charge is -2.10. The van der Waals surface area contributed by atoms with Crippen LogP contribution in [0.4, 0.5) is 13.2 Å². The number of hydrogen-bond acceptors (Lipinski definition) is 3. The van der Waals surface area contributed by atoms with E-state index in [9.17, 15) is 13.2 Å². The van der Waals surface area contributed by atoms with Crippen molar-refractivity contribution in [3.8, 4) is 11.5 Å². The lowest BCUT2D eigenvalue weighted by molar-refractivity contribution is -0.137. The first-order chi connectivity index (χ1) is 10.9. The van der Waals surface area contributed by atoms with Crippen molar-refractivity contribution in [2.24, 2.45) is 5.16 Å². The van der Waals surface area contributed by atoms with Gasteiger partial charge in [-0.3, -0.25) is 0 Å². The molecule has 0 aliphatic rings.